The molecule has 1 aromatic carbocycles. The molecule has 130 valence electrons. The molecule has 0 saturated carbocycles. The van der Waals surface area contributed by atoms with Crippen molar-refractivity contribution in [3.8, 4) is 10.8 Å². The van der Waals surface area contributed by atoms with Crippen molar-refractivity contribution in [1.82, 2.24) is 15.1 Å². The van der Waals surface area contributed by atoms with Gasteiger partial charge in [-0.3, -0.25) is 4.90 Å². The Labute approximate surface area is 156 Å². The average molecular weight is 374 g/mol. The van der Waals surface area contributed by atoms with Gasteiger partial charge >= 0.3 is 0 Å². The molecular formula is C19H20ClN3OS. The minimum absolute atomic E-state index is 0.290. The Morgan fingerprint density at radius 3 is 2.92 bits per heavy atom. The second-order valence-electron chi connectivity index (χ2n) is 6.52. The number of hydrogen-bond donors (Lipinski definition) is 0. The fraction of sp³-hybridized carbons (Fsp3) is 0.368. The van der Waals surface area contributed by atoms with Crippen LogP contribution in [0.25, 0.3) is 10.8 Å². The summed E-state index contributed by atoms with van der Waals surface area (Å²) < 4.78 is 5.98. The van der Waals surface area contributed by atoms with Crippen molar-refractivity contribution < 1.29 is 4.42 Å². The van der Waals surface area contributed by atoms with Crippen molar-refractivity contribution in [1.29, 1.82) is 0 Å². The Bertz CT molecular complexity index is 860. The summed E-state index contributed by atoms with van der Waals surface area (Å²) in [5, 5.41) is 9.41. The predicted octanol–water partition coefficient (Wildman–Crippen LogP) is 5.14. The summed E-state index contributed by atoms with van der Waals surface area (Å²) in [4.78, 5) is 4.72. The molecule has 25 heavy (non-hydrogen) atoms. The number of halogens is 1. The van der Waals surface area contributed by atoms with E-state index in [1.165, 1.54) is 10.4 Å². The third-order valence-electron chi connectivity index (χ3n) is 4.60. The van der Waals surface area contributed by atoms with E-state index in [0.29, 0.717) is 11.8 Å². The van der Waals surface area contributed by atoms with Gasteiger partial charge < -0.3 is 4.42 Å². The molecule has 0 radical (unpaired) electrons. The van der Waals surface area contributed by atoms with Crippen molar-refractivity contribution in [3.05, 3.63) is 57.8 Å². The summed E-state index contributed by atoms with van der Waals surface area (Å²) >= 11 is 7.99. The summed E-state index contributed by atoms with van der Waals surface area (Å²) in [5.41, 5.74) is 1.17. The molecule has 1 atom stereocenters. The lowest BCUT2D eigenvalue weighted by Crippen LogP contribution is -2.34. The summed E-state index contributed by atoms with van der Waals surface area (Å²) in [6, 6.07) is 12.2. The Balaban J connectivity index is 1.46. The zero-order valence-electron chi connectivity index (χ0n) is 14.1. The van der Waals surface area contributed by atoms with Crippen LogP contribution in [-0.4, -0.2) is 28.2 Å². The largest absolute Gasteiger partial charge is 0.420 e. The Morgan fingerprint density at radius 1 is 1.24 bits per heavy atom. The topological polar surface area (TPSA) is 42.2 Å². The maximum atomic E-state index is 6.30. The van der Waals surface area contributed by atoms with E-state index < -0.39 is 0 Å². The lowest BCUT2D eigenvalue weighted by Gasteiger charge is -2.31. The molecule has 3 aromatic rings. The quantitative estimate of drug-likeness (QED) is 0.635. The zero-order valence-corrected chi connectivity index (χ0v) is 15.7. The van der Waals surface area contributed by atoms with Crippen LogP contribution in [-0.2, 0) is 6.54 Å². The van der Waals surface area contributed by atoms with Gasteiger partial charge in [-0.05, 0) is 50.1 Å². The van der Waals surface area contributed by atoms with Crippen LogP contribution < -0.4 is 0 Å². The first-order valence-electron chi connectivity index (χ1n) is 8.55. The molecule has 1 fully saturated rings. The molecule has 1 aliphatic rings. The SMILES string of the molecule is Cc1ccc(-c2nnc(C3CCCN(Cc4ccccc4Cl)C3)o2)s1. The molecule has 3 heterocycles. The summed E-state index contributed by atoms with van der Waals surface area (Å²) in [6.07, 6.45) is 2.22. The maximum Gasteiger partial charge on any atom is 0.257 e. The van der Waals surface area contributed by atoms with E-state index in [-0.39, 0.29) is 0 Å². The maximum absolute atomic E-state index is 6.30. The molecule has 2 aromatic heterocycles. The first kappa shape index (κ1) is 16.8. The van der Waals surface area contributed by atoms with Crippen LogP contribution in [0.5, 0.6) is 0 Å². The molecule has 0 bridgehead atoms. The number of nitrogens with zero attached hydrogens (tertiary/aromatic N) is 3. The number of benzene rings is 1. The molecule has 4 nitrogen and oxygen atoms in total. The van der Waals surface area contributed by atoms with E-state index in [2.05, 4.69) is 34.2 Å². The van der Waals surface area contributed by atoms with Gasteiger partial charge in [0, 0.05) is 23.0 Å². The van der Waals surface area contributed by atoms with E-state index >= 15 is 0 Å². The Hall–Kier alpha value is -1.69. The van der Waals surface area contributed by atoms with Crippen molar-refractivity contribution in [2.45, 2.75) is 32.2 Å². The minimum atomic E-state index is 0.290. The second-order valence-corrected chi connectivity index (χ2v) is 8.22. The normalized spacial score (nSPS) is 18.6. The van der Waals surface area contributed by atoms with E-state index in [1.54, 1.807) is 11.3 Å². The Morgan fingerprint density at radius 2 is 2.12 bits per heavy atom. The van der Waals surface area contributed by atoms with E-state index in [9.17, 15) is 0 Å². The summed E-state index contributed by atoms with van der Waals surface area (Å²) in [5.74, 6) is 1.68. The van der Waals surface area contributed by atoms with Crippen LogP contribution in [0.15, 0.2) is 40.8 Å². The first-order valence-corrected chi connectivity index (χ1v) is 9.74. The van der Waals surface area contributed by atoms with Gasteiger partial charge in [0.2, 0.25) is 5.89 Å². The van der Waals surface area contributed by atoms with Gasteiger partial charge in [-0.15, -0.1) is 21.5 Å². The fourth-order valence-electron chi connectivity index (χ4n) is 3.32. The van der Waals surface area contributed by atoms with Crippen LogP contribution in [0.2, 0.25) is 5.02 Å². The minimum Gasteiger partial charge on any atom is -0.420 e. The van der Waals surface area contributed by atoms with Crippen LogP contribution in [0.4, 0.5) is 0 Å². The van der Waals surface area contributed by atoms with Gasteiger partial charge in [-0.1, -0.05) is 29.8 Å². The van der Waals surface area contributed by atoms with Gasteiger partial charge in [0.15, 0.2) is 0 Å². The number of piperidine rings is 1. The van der Waals surface area contributed by atoms with Crippen molar-refractivity contribution >= 4 is 22.9 Å². The van der Waals surface area contributed by atoms with E-state index in [0.717, 1.165) is 48.3 Å². The number of aromatic nitrogens is 2. The van der Waals surface area contributed by atoms with Crippen LogP contribution in [0.1, 0.15) is 35.1 Å². The van der Waals surface area contributed by atoms with E-state index in [4.69, 9.17) is 16.0 Å². The number of rotatable bonds is 4. The third kappa shape index (κ3) is 3.78. The van der Waals surface area contributed by atoms with Gasteiger partial charge in [0.05, 0.1) is 10.8 Å². The average Bonchev–Trinajstić information content (AvgIpc) is 3.26. The smallest absolute Gasteiger partial charge is 0.257 e. The molecule has 1 aliphatic heterocycles. The lowest BCUT2D eigenvalue weighted by molar-refractivity contribution is 0.186. The van der Waals surface area contributed by atoms with Gasteiger partial charge in [-0.25, -0.2) is 0 Å². The molecule has 0 spiro atoms. The molecule has 1 saturated heterocycles. The highest BCUT2D eigenvalue weighted by atomic mass is 35.5. The highest BCUT2D eigenvalue weighted by Gasteiger charge is 2.26. The van der Waals surface area contributed by atoms with Crippen molar-refractivity contribution in [2.24, 2.45) is 0 Å². The molecular weight excluding hydrogens is 354 g/mol. The highest BCUT2D eigenvalue weighted by molar-refractivity contribution is 7.15. The van der Waals surface area contributed by atoms with E-state index in [1.807, 2.05) is 24.3 Å². The molecule has 6 heteroatoms. The van der Waals surface area contributed by atoms with Crippen LogP contribution >= 0.6 is 22.9 Å². The molecule has 0 aliphatic carbocycles. The monoisotopic (exact) mass is 373 g/mol. The predicted molar refractivity (Wildman–Crippen MR) is 101 cm³/mol. The third-order valence-corrected chi connectivity index (χ3v) is 5.96. The molecule has 4 rings (SSSR count). The lowest BCUT2D eigenvalue weighted by atomic mass is 9.97. The second kappa shape index (κ2) is 7.28. The standard InChI is InChI=1S/C19H20ClN3OS/c1-13-8-9-17(25-13)19-22-21-18(24-19)15-6-4-10-23(12-15)11-14-5-2-3-7-16(14)20/h2-3,5,7-9,15H,4,6,10-12H2,1H3. The van der Waals surface area contributed by atoms with Crippen LogP contribution in [0.3, 0.4) is 0 Å². The first-order chi connectivity index (χ1) is 12.2. The molecule has 0 amide bonds. The fourth-order valence-corrected chi connectivity index (χ4v) is 4.30. The van der Waals surface area contributed by atoms with Crippen molar-refractivity contribution in [2.75, 3.05) is 13.1 Å². The summed E-state index contributed by atoms with van der Waals surface area (Å²) in [7, 11) is 0. The van der Waals surface area contributed by atoms with Crippen LogP contribution in [0, 0.1) is 6.92 Å². The Kier molecular flexibility index (Phi) is 4.88. The van der Waals surface area contributed by atoms with Gasteiger partial charge in [0.25, 0.3) is 5.89 Å². The van der Waals surface area contributed by atoms with Crippen molar-refractivity contribution in [3.63, 3.8) is 0 Å². The zero-order chi connectivity index (χ0) is 17.2. The molecule has 0 N–H and O–H groups in total. The summed E-state index contributed by atoms with van der Waals surface area (Å²) in [6.45, 7) is 4.95. The van der Waals surface area contributed by atoms with Gasteiger partial charge in [-0.2, -0.15) is 0 Å². The number of thiophene rings is 1. The molecule has 1 unspecified atom stereocenters. The number of aryl methyl sites for hydroxylation is 1. The van der Waals surface area contributed by atoms with Gasteiger partial charge in [0.1, 0.15) is 0 Å². The number of likely N-dealkylation sites (tertiary alicyclic amines) is 1. The number of hydrogen-bond acceptors (Lipinski definition) is 5. The highest BCUT2D eigenvalue weighted by Crippen LogP contribution is 2.32.